The second kappa shape index (κ2) is 6.87. The van der Waals surface area contributed by atoms with Crippen LogP contribution < -0.4 is 10.3 Å². The first-order chi connectivity index (χ1) is 10.5. The second-order valence-corrected chi connectivity index (χ2v) is 5.34. The van der Waals surface area contributed by atoms with Gasteiger partial charge in [-0.15, -0.1) is 0 Å². The van der Waals surface area contributed by atoms with Crippen LogP contribution in [0, 0.1) is 6.92 Å². The van der Waals surface area contributed by atoms with Gasteiger partial charge in [0.25, 0.3) is 5.91 Å². The van der Waals surface area contributed by atoms with E-state index in [0.29, 0.717) is 11.1 Å². The van der Waals surface area contributed by atoms with Crippen molar-refractivity contribution in [3.8, 4) is 5.75 Å². The van der Waals surface area contributed by atoms with E-state index in [1.54, 1.807) is 18.2 Å². The molecule has 0 bridgehead atoms. The molecule has 0 saturated carbocycles. The van der Waals surface area contributed by atoms with Crippen molar-refractivity contribution in [3.05, 3.63) is 59.2 Å². The molecule has 2 aromatic rings. The van der Waals surface area contributed by atoms with Gasteiger partial charge in [-0.1, -0.05) is 12.1 Å². The Hall–Kier alpha value is -2.66. The van der Waals surface area contributed by atoms with E-state index in [1.165, 1.54) is 6.21 Å². The van der Waals surface area contributed by atoms with Crippen LogP contribution in [-0.2, 0) is 0 Å². The van der Waals surface area contributed by atoms with Crippen LogP contribution in [0.2, 0.25) is 0 Å². The minimum absolute atomic E-state index is 0.135. The molecule has 0 radical (unpaired) electrons. The summed E-state index contributed by atoms with van der Waals surface area (Å²) >= 11 is 0. The van der Waals surface area contributed by atoms with Gasteiger partial charge in [0.15, 0.2) is 0 Å². The van der Waals surface area contributed by atoms with Crippen molar-refractivity contribution < 1.29 is 14.8 Å². The van der Waals surface area contributed by atoms with E-state index in [1.807, 2.05) is 45.3 Å². The zero-order chi connectivity index (χ0) is 16.1. The number of nitrogens with one attached hydrogen (secondary N) is 2. The Morgan fingerprint density at radius 3 is 2.68 bits per heavy atom. The molecule has 3 N–H and O–H groups in total. The number of hydrogen-bond acceptors (Lipinski definition) is 3. The van der Waals surface area contributed by atoms with E-state index in [2.05, 4.69) is 10.5 Å². The highest BCUT2D eigenvalue weighted by molar-refractivity contribution is 5.95. The average Bonchev–Trinajstić information content (AvgIpc) is 2.49. The van der Waals surface area contributed by atoms with Gasteiger partial charge in [0.2, 0.25) is 0 Å². The monoisotopic (exact) mass is 298 g/mol. The summed E-state index contributed by atoms with van der Waals surface area (Å²) in [5.74, 6) is -0.151. The number of benzene rings is 2. The van der Waals surface area contributed by atoms with Crippen molar-refractivity contribution in [2.45, 2.75) is 6.92 Å². The summed E-state index contributed by atoms with van der Waals surface area (Å²) in [6.45, 7) is 1.89. The molecule has 22 heavy (non-hydrogen) atoms. The maximum Gasteiger partial charge on any atom is 0.271 e. The van der Waals surface area contributed by atoms with Crippen LogP contribution in [0.5, 0.6) is 5.75 Å². The lowest BCUT2D eigenvalue weighted by Crippen LogP contribution is -3.00. The standard InChI is InChI=1S/C17H19N3O2/c1-12-7-8-14(16(21)9-12)11-18-19-17(22)13-5-4-6-15(10-13)20(2)3/h4-11,21H,1-3H3,(H,19,22)/p+1/b18-11+. The maximum absolute atomic E-state index is 12.1. The number of aryl methyl sites for hydroxylation is 1. The Balaban J connectivity index is 2.06. The molecule has 0 aliphatic rings. The number of phenols is 1. The molecule has 0 aliphatic heterocycles. The van der Waals surface area contributed by atoms with Crippen LogP contribution in [0.4, 0.5) is 5.69 Å². The van der Waals surface area contributed by atoms with E-state index < -0.39 is 0 Å². The summed E-state index contributed by atoms with van der Waals surface area (Å²) in [4.78, 5) is 13.2. The Labute approximate surface area is 129 Å². The Morgan fingerprint density at radius 2 is 2.00 bits per heavy atom. The smallest absolute Gasteiger partial charge is 0.271 e. The van der Waals surface area contributed by atoms with Gasteiger partial charge in [0.05, 0.1) is 20.3 Å². The minimum Gasteiger partial charge on any atom is -0.507 e. The number of hydrogen-bond donors (Lipinski definition) is 3. The van der Waals surface area contributed by atoms with Crippen LogP contribution in [0.1, 0.15) is 21.5 Å². The largest absolute Gasteiger partial charge is 0.507 e. The fourth-order valence-electron chi connectivity index (χ4n) is 1.96. The van der Waals surface area contributed by atoms with Gasteiger partial charge in [0.1, 0.15) is 11.4 Å². The van der Waals surface area contributed by atoms with E-state index in [-0.39, 0.29) is 11.7 Å². The summed E-state index contributed by atoms with van der Waals surface area (Å²) in [5, 5.41) is 13.7. The first-order valence-corrected chi connectivity index (χ1v) is 7.01. The number of phenolic OH excluding ortho intramolecular Hbond substituents is 1. The number of rotatable bonds is 4. The molecule has 0 unspecified atom stereocenters. The molecule has 2 aromatic carbocycles. The molecule has 0 aliphatic carbocycles. The lowest BCUT2D eigenvalue weighted by Gasteiger charge is -2.07. The minimum atomic E-state index is -0.286. The van der Waals surface area contributed by atoms with E-state index >= 15 is 0 Å². The number of carbonyl (C=O) groups is 1. The van der Waals surface area contributed by atoms with Crippen molar-refractivity contribution in [3.63, 3.8) is 0 Å². The van der Waals surface area contributed by atoms with Gasteiger partial charge in [-0.2, -0.15) is 5.10 Å². The SMILES string of the molecule is Cc1ccc(/C=N/NC(=O)c2cccc([NH+](C)C)c2)c(O)c1. The molecule has 0 saturated heterocycles. The highest BCUT2D eigenvalue weighted by atomic mass is 16.3. The number of nitrogens with zero attached hydrogens (tertiary/aromatic N) is 1. The lowest BCUT2D eigenvalue weighted by atomic mass is 10.1. The molecule has 0 heterocycles. The van der Waals surface area contributed by atoms with Crippen molar-refractivity contribution >= 4 is 17.8 Å². The molecule has 5 heteroatoms. The Kier molecular flexibility index (Phi) is 4.91. The van der Waals surface area contributed by atoms with Crippen LogP contribution in [0.25, 0.3) is 0 Å². The number of hydrazone groups is 1. The van der Waals surface area contributed by atoms with Gasteiger partial charge in [-0.05, 0) is 36.8 Å². The molecule has 114 valence electrons. The number of aromatic hydroxyl groups is 1. The van der Waals surface area contributed by atoms with Gasteiger partial charge < -0.3 is 10.0 Å². The van der Waals surface area contributed by atoms with Gasteiger partial charge in [0, 0.05) is 17.2 Å². The van der Waals surface area contributed by atoms with Crippen LogP contribution in [0.15, 0.2) is 47.6 Å². The third kappa shape index (κ3) is 3.93. The van der Waals surface area contributed by atoms with Crippen LogP contribution in [0.3, 0.4) is 0 Å². The first kappa shape index (κ1) is 15.7. The van der Waals surface area contributed by atoms with Gasteiger partial charge in [-0.25, -0.2) is 5.43 Å². The fraction of sp³-hybridized carbons (Fsp3) is 0.176. The topological polar surface area (TPSA) is 66.1 Å². The molecule has 0 atom stereocenters. The number of carbonyl (C=O) groups excluding carboxylic acids is 1. The maximum atomic E-state index is 12.1. The fourth-order valence-corrected chi connectivity index (χ4v) is 1.96. The number of quaternary nitrogens is 1. The molecule has 0 spiro atoms. The molecule has 1 amide bonds. The highest BCUT2D eigenvalue weighted by Gasteiger charge is 2.08. The molecule has 0 aromatic heterocycles. The van der Waals surface area contributed by atoms with Crippen LogP contribution >= 0.6 is 0 Å². The third-order valence-corrected chi connectivity index (χ3v) is 3.26. The van der Waals surface area contributed by atoms with Crippen molar-refractivity contribution in [2.75, 3.05) is 14.1 Å². The van der Waals surface area contributed by atoms with Gasteiger partial charge in [-0.3, -0.25) is 4.79 Å². The van der Waals surface area contributed by atoms with Crippen molar-refractivity contribution in [2.24, 2.45) is 5.10 Å². The number of amides is 1. The summed E-state index contributed by atoms with van der Waals surface area (Å²) in [7, 11) is 3.99. The molecule has 0 fully saturated rings. The molecular weight excluding hydrogens is 278 g/mol. The summed E-state index contributed by atoms with van der Waals surface area (Å²) < 4.78 is 0. The normalized spacial score (nSPS) is 11.1. The second-order valence-electron chi connectivity index (χ2n) is 5.34. The zero-order valence-electron chi connectivity index (χ0n) is 12.9. The van der Waals surface area contributed by atoms with E-state index in [0.717, 1.165) is 16.2 Å². The van der Waals surface area contributed by atoms with Crippen molar-refractivity contribution in [1.29, 1.82) is 0 Å². The predicted octanol–water partition coefficient (Wildman–Crippen LogP) is 1.24. The lowest BCUT2D eigenvalue weighted by molar-refractivity contribution is -0.786. The highest BCUT2D eigenvalue weighted by Crippen LogP contribution is 2.16. The molecule has 5 nitrogen and oxygen atoms in total. The molecule has 2 rings (SSSR count). The van der Waals surface area contributed by atoms with Crippen molar-refractivity contribution in [1.82, 2.24) is 5.43 Å². The summed E-state index contributed by atoms with van der Waals surface area (Å²) in [6, 6.07) is 12.6. The average molecular weight is 298 g/mol. The molecular formula is C17H20N3O2+. The van der Waals surface area contributed by atoms with E-state index in [9.17, 15) is 9.90 Å². The van der Waals surface area contributed by atoms with Gasteiger partial charge >= 0.3 is 0 Å². The van der Waals surface area contributed by atoms with Crippen LogP contribution in [-0.4, -0.2) is 31.3 Å². The van der Waals surface area contributed by atoms with E-state index in [4.69, 9.17) is 0 Å². The summed E-state index contributed by atoms with van der Waals surface area (Å²) in [5.41, 5.74) is 5.55. The Bertz CT molecular complexity index is 709. The zero-order valence-corrected chi connectivity index (χ0v) is 12.9. The quantitative estimate of drug-likeness (QED) is 0.587. The Morgan fingerprint density at radius 1 is 1.23 bits per heavy atom. The third-order valence-electron chi connectivity index (χ3n) is 3.26. The predicted molar refractivity (Wildman–Crippen MR) is 86.8 cm³/mol. The summed E-state index contributed by atoms with van der Waals surface area (Å²) in [6.07, 6.45) is 1.42. The first-order valence-electron chi connectivity index (χ1n) is 7.01.